The topological polar surface area (TPSA) is 55.1 Å². The molecule has 0 aromatic heterocycles. The molecule has 76 valence electrons. The first-order chi connectivity index (χ1) is 6.54. The Bertz CT molecular complexity index is 345. The van der Waals surface area contributed by atoms with E-state index in [2.05, 4.69) is 73.1 Å². The van der Waals surface area contributed by atoms with Gasteiger partial charge in [0.05, 0.1) is 12.2 Å². The Morgan fingerprint density at radius 2 is 1.79 bits per heavy atom. The summed E-state index contributed by atoms with van der Waals surface area (Å²) in [7, 11) is 0. The van der Waals surface area contributed by atoms with E-state index in [1.54, 1.807) is 0 Å². The molecular formula is C8H7I3N2O. The Morgan fingerprint density at radius 1 is 1.29 bits per heavy atom. The van der Waals surface area contributed by atoms with Crippen molar-refractivity contribution in [1.82, 2.24) is 0 Å². The number of nitrogens with two attached hydrogens (primary N) is 1. The first kappa shape index (κ1) is 12.9. The average Bonchev–Trinajstić information content (AvgIpc) is 2.10. The molecule has 0 radical (unpaired) electrons. The molecule has 0 aliphatic carbocycles. The van der Waals surface area contributed by atoms with Crippen LogP contribution in [-0.2, 0) is 4.79 Å². The van der Waals surface area contributed by atoms with E-state index in [1.165, 1.54) is 0 Å². The molecule has 0 bridgehead atoms. The predicted molar refractivity (Wildman–Crippen MR) is 82.3 cm³/mol. The number of anilines is 1. The molecule has 1 rings (SSSR count). The second kappa shape index (κ2) is 5.80. The zero-order valence-electron chi connectivity index (χ0n) is 6.98. The molecule has 3 nitrogen and oxygen atoms in total. The Kier molecular flexibility index (Phi) is 5.34. The van der Waals surface area contributed by atoms with E-state index in [9.17, 15) is 4.79 Å². The molecular weight excluding hydrogens is 521 g/mol. The molecule has 0 heterocycles. The number of benzene rings is 1. The van der Waals surface area contributed by atoms with Crippen LogP contribution >= 0.6 is 67.8 Å². The summed E-state index contributed by atoms with van der Waals surface area (Å²) in [5, 5.41) is 2.77. The fourth-order valence-corrected chi connectivity index (χ4v) is 4.70. The highest BCUT2D eigenvalue weighted by Crippen LogP contribution is 2.27. The van der Waals surface area contributed by atoms with Crippen molar-refractivity contribution in [3.63, 3.8) is 0 Å². The maximum absolute atomic E-state index is 11.1. The van der Waals surface area contributed by atoms with Gasteiger partial charge in [-0.2, -0.15) is 0 Å². The number of nitrogens with one attached hydrogen (secondary N) is 1. The minimum atomic E-state index is -0.165. The number of carbonyl (C=O) groups excluding carboxylic acids is 1. The van der Waals surface area contributed by atoms with Crippen LogP contribution in [0.1, 0.15) is 0 Å². The smallest absolute Gasteiger partial charge is 0.238 e. The van der Waals surface area contributed by atoms with E-state index in [1.807, 2.05) is 12.1 Å². The molecule has 14 heavy (non-hydrogen) atoms. The van der Waals surface area contributed by atoms with E-state index in [0.29, 0.717) is 0 Å². The number of amides is 1. The molecule has 0 aliphatic heterocycles. The summed E-state index contributed by atoms with van der Waals surface area (Å²) in [6.07, 6.45) is 0. The van der Waals surface area contributed by atoms with Crippen LogP contribution in [0.5, 0.6) is 0 Å². The molecule has 3 N–H and O–H groups in total. The highest BCUT2D eigenvalue weighted by atomic mass is 127. The number of rotatable bonds is 2. The minimum Gasteiger partial charge on any atom is -0.323 e. The number of hydrogen-bond donors (Lipinski definition) is 2. The lowest BCUT2D eigenvalue weighted by Crippen LogP contribution is -2.22. The molecule has 1 aromatic rings. The van der Waals surface area contributed by atoms with Crippen LogP contribution in [0.25, 0.3) is 0 Å². The standard InChI is InChI=1S/C8H7I3N2O/c9-4-1-5(10)8(6(11)2-4)13-7(14)3-12/h1-2H,3,12H2,(H,13,14). The minimum absolute atomic E-state index is 0.0121. The van der Waals surface area contributed by atoms with Gasteiger partial charge in [0.15, 0.2) is 0 Å². The van der Waals surface area contributed by atoms with Gasteiger partial charge in [0.25, 0.3) is 0 Å². The molecule has 1 amide bonds. The maximum atomic E-state index is 11.1. The van der Waals surface area contributed by atoms with Crippen molar-refractivity contribution in [3.05, 3.63) is 22.8 Å². The first-order valence-corrected chi connectivity index (χ1v) is 6.92. The van der Waals surface area contributed by atoms with Gasteiger partial charge in [-0.05, 0) is 79.9 Å². The van der Waals surface area contributed by atoms with Crippen LogP contribution in [0.2, 0.25) is 0 Å². The van der Waals surface area contributed by atoms with Crippen molar-refractivity contribution < 1.29 is 4.79 Å². The van der Waals surface area contributed by atoms with Gasteiger partial charge in [-0.1, -0.05) is 0 Å². The predicted octanol–water partition coefficient (Wildman–Crippen LogP) is 2.40. The third-order valence-electron chi connectivity index (χ3n) is 1.46. The largest absolute Gasteiger partial charge is 0.323 e. The third-order valence-corrected chi connectivity index (χ3v) is 3.78. The summed E-state index contributed by atoms with van der Waals surface area (Å²) in [6, 6.07) is 4.02. The highest BCUT2D eigenvalue weighted by Gasteiger charge is 2.08. The fraction of sp³-hybridized carbons (Fsp3) is 0.125. The molecule has 0 atom stereocenters. The third kappa shape index (κ3) is 3.45. The van der Waals surface area contributed by atoms with Crippen molar-refractivity contribution in [2.45, 2.75) is 0 Å². The van der Waals surface area contributed by atoms with Crippen LogP contribution in [0.15, 0.2) is 12.1 Å². The van der Waals surface area contributed by atoms with Gasteiger partial charge < -0.3 is 11.1 Å². The Labute approximate surface area is 123 Å². The molecule has 1 aromatic carbocycles. The lowest BCUT2D eigenvalue weighted by molar-refractivity contribution is -0.114. The van der Waals surface area contributed by atoms with Crippen LogP contribution < -0.4 is 11.1 Å². The molecule has 0 spiro atoms. The molecule has 6 heteroatoms. The average molecular weight is 528 g/mol. The summed E-state index contributed by atoms with van der Waals surface area (Å²) in [6.45, 7) is 0.0121. The molecule has 0 fully saturated rings. The Balaban J connectivity index is 3.02. The van der Waals surface area contributed by atoms with Crippen molar-refractivity contribution in [2.75, 3.05) is 11.9 Å². The Hall–Kier alpha value is 0.840. The van der Waals surface area contributed by atoms with Crippen LogP contribution in [0.4, 0.5) is 5.69 Å². The lowest BCUT2D eigenvalue weighted by Gasteiger charge is -2.09. The van der Waals surface area contributed by atoms with Crippen molar-refractivity contribution in [1.29, 1.82) is 0 Å². The number of hydrogen-bond acceptors (Lipinski definition) is 2. The van der Waals surface area contributed by atoms with E-state index in [0.717, 1.165) is 16.4 Å². The maximum Gasteiger partial charge on any atom is 0.238 e. The molecule has 0 saturated carbocycles. The molecule has 0 saturated heterocycles. The van der Waals surface area contributed by atoms with E-state index >= 15 is 0 Å². The van der Waals surface area contributed by atoms with Crippen LogP contribution in [-0.4, -0.2) is 12.5 Å². The van der Waals surface area contributed by atoms with Gasteiger partial charge in [-0.15, -0.1) is 0 Å². The second-order valence-corrected chi connectivity index (χ2v) is 6.07. The fourth-order valence-electron chi connectivity index (χ4n) is 0.852. The van der Waals surface area contributed by atoms with Gasteiger partial charge in [-0.3, -0.25) is 4.79 Å². The molecule has 0 aliphatic rings. The Morgan fingerprint density at radius 3 is 2.21 bits per heavy atom. The zero-order valence-corrected chi connectivity index (χ0v) is 13.5. The summed E-state index contributed by atoms with van der Waals surface area (Å²) in [4.78, 5) is 11.1. The monoisotopic (exact) mass is 528 g/mol. The number of carbonyl (C=O) groups is 1. The summed E-state index contributed by atoms with van der Waals surface area (Å²) in [5.41, 5.74) is 6.08. The van der Waals surface area contributed by atoms with Crippen LogP contribution in [0.3, 0.4) is 0 Å². The van der Waals surface area contributed by atoms with Gasteiger partial charge in [0.1, 0.15) is 0 Å². The van der Waals surface area contributed by atoms with E-state index in [4.69, 9.17) is 5.73 Å². The van der Waals surface area contributed by atoms with Gasteiger partial charge in [0.2, 0.25) is 5.91 Å². The van der Waals surface area contributed by atoms with E-state index < -0.39 is 0 Å². The molecule has 0 unspecified atom stereocenters. The second-order valence-electron chi connectivity index (χ2n) is 2.50. The zero-order chi connectivity index (χ0) is 10.7. The summed E-state index contributed by atoms with van der Waals surface area (Å²) in [5.74, 6) is -0.165. The number of halogens is 3. The first-order valence-electron chi connectivity index (χ1n) is 3.69. The van der Waals surface area contributed by atoms with Crippen molar-refractivity contribution >= 4 is 79.4 Å². The van der Waals surface area contributed by atoms with Crippen LogP contribution in [0, 0.1) is 10.7 Å². The van der Waals surface area contributed by atoms with Gasteiger partial charge in [0, 0.05) is 10.7 Å². The SMILES string of the molecule is NCC(=O)Nc1c(I)cc(I)cc1I. The lowest BCUT2D eigenvalue weighted by atomic mass is 10.3. The quantitative estimate of drug-likeness (QED) is 0.581. The van der Waals surface area contributed by atoms with Crippen molar-refractivity contribution in [3.8, 4) is 0 Å². The summed E-state index contributed by atoms with van der Waals surface area (Å²) >= 11 is 6.64. The van der Waals surface area contributed by atoms with Crippen molar-refractivity contribution in [2.24, 2.45) is 5.73 Å². The normalized spacial score (nSPS) is 10.0. The summed E-state index contributed by atoms with van der Waals surface area (Å²) < 4.78 is 3.21. The highest BCUT2D eigenvalue weighted by molar-refractivity contribution is 14.1. The van der Waals surface area contributed by atoms with Gasteiger partial charge >= 0.3 is 0 Å². The van der Waals surface area contributed by atoms with E-state index in [-0.39, 0.29) is 12.5 Å². The van der Waals surface area contributed by atoms with Gasteiger partial charge in [-0.25, -0.2) is 0 Å².